The molecule has 2 rings (SSSR count). The fraction of sp³-hybridized carbons (Fsp3) is 0.0625. The van der Waals surface area contributed by atoms with Crippen molar-refractivity contribution in [2.75, 3.05) is 11.8 Å². The Balaban J connectivity index is 2.41. The summed E-state index contributed by atoms with van der Waals surface area (Å²) in [5.41, 5.74) is 0.752. The summed E-state index contributed by atoms with van der Waals surface area (Å²) in [7, 11) is -2.58. The molecule has 0 atom stereocenters. The molecule has 0 aliphatic rings. The maximum atomic E-state index is 12.6. The molecule has 2 aromatic rings. The van der Waals surface area contributed by atoms with Crippen molar-refractivity contribution < 1.29 is 23.1 Å². The van der Waals surface area contributed by atoms with Crippen molar-refractivity contribution in [3.05, 3.63) is 59.1 Å². The minimum atomic E-state index is -3.93. The summed E-state index contributed by atoms with van der Waals surface area (Å²) in [4.78, 5) is 10.5. The van der Waals surface area contributed by atoms with Crippen LogP contribution >= 0.6 is 11.6 Å². The van der Waals surface area contributed by atoms with E-state index in [1.54, 1.807) is 18.2 Å². The van der Waals surface area contributed by atoms with Crippen LogP contribution in [0.3, 0.4) is 0 Å². The monoisotopic (exact) mass is 367 g/mol. The quantitative estimate of drug-likeness (QED) is 0.764. The highest BCUT2D eigenvalue weighted by Crippen LogP contribution is 2.27. The molecule has 8 heteroatoms. The molecule has 126 valence electrons. The molecule has 24 heavy (non-hydrogen) atoms. The van der Waals surface area contributed by atoms with E-state index in [1.165, 1.54) is 37.5 Å². The summed E-state index contributed by atoms with van der Waals surface area (Å²) in [5, 5.41) is 9.15. The zero-order chi connectivity index (χ0) is 17.7. The number of ether oxygens (including phenoxy) is 1. The van der Waals surface area contributed by atoms with E-state index in [0.29, 0.717) is 16.3 Å². The Hall–Kier alpha value is -2.51. The lowest BCUT2D eigenvalue weighted by molar-refractivity contribution is -0.131. The third kappa shape index (κ3) is 4.50. The highest BCUT2D eigenvalue weighted by molar-refractivity contribution is 7.92. The van der Waals surface area contributed by atoms with Crippen LogP contribution in [0.5, 0.6) is 5.75 Å². The van der Waals surface area contributed by atoms with Gasteiger partial charge in [-0.25, -0.2) is 13.2 Å². The standard InChI is InChI=1S/C16H14ClNO5S/c1-23-14-8-2-11(3-9-16(19)20)10-15(14)24(21,22)18-13-6-4-12(17)5-7-13/h2-10,18H,1H3,(H,19,20). The normalized spacial score (nSPS) is 11.4. The maximum Gasteiger partial charge on any atom is 0.328 e. The maximum absolute atomic E-state index is 12.6. The van der Waals surface area contributed by atoms with Crippen LogP contribution in [0.25, 0.3) is 6.08 Å². The molecule has 0 radical (unpaired) electrons. The minimum Gasteiger partial charge on any atom is -0.495 e. The molecule has 0 fully saturated rings. The van der Waals surface area contributed by atoms with Gasteiger partial charge in [0.2, 0.25) is 0 Å². The summed E-state index contributed by atoms with van der Waals surface area (Å²) in [6, 6.07) is 10.5. The lowest BCUT2D eigenvalue weighted by Gasteiger charge is -2.12. The second-order valence-electron chi connectivity index (χ2n) is 4.69. The summed E-state index contributed by atoms with van der Waals surface area (Å²) in [5.74, 6) is -0.988. The topological polar surface area (TPSA) is 92.7 Å². The molecule has 0 aliphatic heterocycles. The molecule has 2 N–H and O–H groups in total. The van der Waals surface area contributed by atoms with Crippen molar-refractivity contribution in [2.24, 2.45) is 0 Å². The van der Waals surface area contributed by atoms with E-state index in [2.05, 4.69) is 4.72 Å². The number of carbonyl (C=O) groups is 1. The van der Waals surface area contributed by atoms with Gasteiger partial charge in [-0.15, -0.1) is 0 Å². The van der Waals surface area contributed by atoms with Crippen LogP contribution in [0.2, 0.25) is 5.02 Å². The molecule has 0 heterocycles. The van der Waals surface area contributed by atoms with Crippen LogP contribution in [0.15, 0.2) is 53.4 Å². The molecule has 0 saturated carbocycles. The number of anilines is 1. The molecule has 0 saturated heterocycles. The van der Waals surface area contributed by atoms with Crippen molar-refractivity contribution in [3.63, 3.8) is 0 Å². The lowest BCUT2D eigenvalue weighted by Crippen LogP contribution is -2.14. The van der Waals surface area contributed by atoms with Gasteiger partial charge >= 0.3 is 5.97 Å². The average Bonchev–Trinajstić information content (AvgIpc) is 2.54. The molecular formula is C16H14ClNO5S. The van der Waals surface area contributed by atoms with Gasteiger partial charge in [0.15, 0.2) is 0 Å². The number of hydrogen-bond acceptors (Lipinski definition) is 4. The number of benzene rings is 2. The van der Waals surface area contributed by atoms with Crippen LogP contribution in [0, 0.1) is 0 Å². The number of nitrogens with one attached hydrogen (secondary N) is 1. The lowest BCUT2D eigenvalue weighted by atomic mass is 10.2. The molecule has 0 unspecified atom stereocenters. The molecular weight excluding hydrogens is 354 g/mol. The van der Waals surface area contributed by atoms with Crippen molar-refractivity contribution in [1.82, 2.24) is 0 Å². The zero-order valence-electron chi connectivity index (χ0n) is 12.6. The Kier molecular flexibility index (Phi) is 5.48. The summed E-state index contributed by atoms with van der Waals surface area (Å²) in [6.07, 6.45) is 2.22. The van der Waals surface area contributed by atoms with Crippen LogP contribution in [0.1, 0.15) is 5.56 Å². The van der Waals surface area contributed by atoms with Crippen LogP contribution in [-0.4, -0.2) is 26.6 Å². The number of methoxy groups -OCH3 is 1. The van der Waals surface area contributed by atoms with Gasteiger partial charge in [-0.05, 0) is 48.0 Å². The van der Waals surface area contributed by atoms with Gasteiger partial charge in [0, 0.05) is 16.8 Å². The zero-order valence-corrected chi connectivity index (χ0v) is 14.1. The predicted octanol–water partition coefficient (Wildman–Crippen LogP) is 3.25. The first kappa shape index (κ1) is 17.8. The van der Waals surface area contributed by atoms with Gasteiger partial charge in [-0.1, -0.05) is 17.7 Å². The van der Waals surface area contributed by atoms with Crippen LogP contribution in [-0.2, 0) is 14.8 Å². The van der Waals surface area contributed by atoms with E-state index in [9.17, 15) is 13.2 Å². The molecule has 0 aromatic heterocycles. The van der Waals surface area contributed by atoms with Gasteiger partial charge in [0.05, 0.1) is 7.11 Å². The fourth-order valence-electron chi connectivity index (χ4n) is 1.90. The number of sulfonamides is 1. The second-order valence-corrected chi connectivity index (χ2v) is 6.78. The molecule has 6 nitrogen and oxygen atoms in total. The highest BCUT2D eigenvalue weighted by atomic mass is 35.5. The fourth-order valence-corrected chi connectivity index (χ4v) is 3.29. The molecule has 0 amide bonds. The van der Waals surface area contributed by atoms with Crippen LogP contribution in [0.4, 0.5) is 5.69 Å². The Morgan fingerprint density at radius 1 is 1.21 bits per heavy atom. The molecule has 2 aromatic carbocycles. The van der Waals surface area contributed by atoms with E-state index < -0.39 is 16.0 Å². The number of hydrogen-bond donors (Lipinski definition) is 2. The number of rotatable bonds is 6. The smallest absolute Gasteiger partial charge is 0.328 e. The first-order chi connectivity index (χ1) is 11.3. The number of carboxylic acid groups (broad SMARTS) is 1. The summed E-state index contributed by atoms with van der Waals surface area (Å²) in [6.45, 7) is 0. The number of aliphatic carboxylic acids is 1. The van der Waals surface area contributed by atoms with E-state index in [4.69, 9.17) is 21.4 Å². The van der Waals surface area contributed by atoms with Gasteiger partial charge < -0.3 is 9.84 Å². The highest BCUT2D eigenvalue weighted by Gasteiger charge is 2.20. The van der Waals surface area contributed by atoms with E-state index in [1.807, 2.05) is 0 Å². The first-order valence-corrected chi connectivity index (χ1v) is 8.55. The van der Waals surface area contributed by atoms with E-state index in [-0.39, 0.29) is 10.6 Å². The first-order valence-electron chi connectivity index (χ1n) is 6.69. The van der Waals surface area contributed by atoms with Crippen LogP contribution < -0.4 is 9.46 Å². The number of carboxylic acids is 1. The van der Waals surface area contributed by atoms with Crippen molar-refractivity contribution in [2.45, 2.75) is 4.90 Å². The van der Waals surface area contributed by atoms with Gasteiger partial charge in [0.1, 0.15) is 10.6 Å². The second kappa shape index (κ2) is 7.37. The summed E-state index contributed by atoms with van der Waals surface area (Å²) >= 11 is 5.78. The minimum absolute atomic E-state index is 0.104. The number of halogens is 1. The SMILES string of the molecule is COc1ccc(C=CC(=O)O)cc1S(=O)(=O)Nc1ccc(Cl)cc1. The summed E-state index contributed by atoms with van der Waals surface area (Å²) < 4.78 is 32.7. The molecule has 0 aliphatic carbocycles. The van der Waals surface area contributed by atoms with E-state index >= 15 is 0 Å². The predicted molar refractivity (Wildman–Crippen MR) is 91.9 cm³/mol. The van der Waals surface area contributed by atoms with Crippen molar-refractivity contribution >= 4 is 39.4 Å². The van der Waals surface area contributed by atoms with E-state index in [0.717, 1.165) is 6.08 Å². The average molecular weight is 368 g/mol. The Morgan fingerprint density at radius 3 is 2.46 bits per heavy atom. The van der Waals surface area contributed by atoms with Gasteiger partial charge in [0.25, 0.3) is 10.0 Å². The van der Waals surface area contributed by atoms with Crippen molar-refractivity contribution in [3.8, 4) is 5.75 Å². The molecule has 0 spiro atoms. The third-order valence-electron chi connectivity index (χ3n) is 2.99. The third-order valence-corrected chi connectivity index (χ3v) is 4.65. The molecule has 0 bridgehead atoms. The van der Waals surface area contributed by atoms with Gasteiger partial charge in [-0.2, -0.15) is 0 Å². The Morgan fingerprint density at radius 2 is 1.88 bits per heavy atom. The largest absolute Gasteiger partial charge is 0.495 e. The van der Waals surface area contributed by atoms with Crippen molar-refractivity contribution in [1.29, 1.82) is 0 Å². The Labute approximate surface area is 144 Å². The van der Waals surface area contributed by atoms with Gasteiger partial charge in [-0.3, -0.25) is 4.72 Å². The Bertz CT molecular complexity index is 876.